The molecule has 1 rings (SSSR count). The van der Waals surface area contributed by atoms with Gasteiger partial charge >= 0.3 is 0 Å². The van der Waals surface area contributed by atoms with Gasteiger partial charge in [-0.2, -0.15) is 8.42 Å². The zero-order chi connectivity index (χ0) is 18.1. The van der Waals surface area contributed by atoms with Gasteiger partial charge in [-0.1, -0.05) is 47.6 Å². The highest BCUT2D eigenvalue weighted by molar-refractivity contribution is 7.86. The Morgan fingerprint density at radius 3 is 2.21 bits per heavy atom. The Kier molecular flexibility index (Phi) is 9.37. The van der Waals surface area contributed by atoms with Gasteiger partial charge in [0.2, 0.25) is 3.79 Å². The first-order valence-corrected chi connectivity index (χ1v) is 10.0. The van der Waals surface area contributed by atoms with Crippen molar-refractivity contribution in [1.29, 1.82) is 0 Å². The molecule has 0 atom stereocenters. The summed E-state index contributed by atoms with van der Waals surface area (Å²) in [7, 11) is -3.67. The van der Waals surface area contributed by atoms with E-state index in [1.54, 1.807) is 24.3 Å². The Bertz CT molecular complexity index is 597. The number of rotatable bonds is 11. The van der Waals surface area contributed by atoms with Crippen LogP contribution < -0.4 is 4.74 Å². The fourth-order valence-corrected chi connectivity index (χ4v) is 3.17. The van der Waals surface area contributed by atoms with Gasteiger partial charge in [-0.25, -0.2) is 0 Å². The first-order chi connectivity index (χ1) is 11.2. The van der Waals surface area contributed by atoms with Gasteiger partial charge in [0.25, 0.3) is 10.1 Å². The third-order valence-corrected chi connectivity index (χ3v) is 4.57. The smallest absolute Gasteiger partial charge is 0.267 e. The van der Waals surface area contributed by atoms with Gasteiger partial charge in [-0.3, -0.25) is 8.98 Å². The number of hydrogen-bond donors (Lipinski definition) is 0. The lowest BCUT2D eigenvalue weighted by Gasteiger charge is -2.11. The van der Waals surface area contributed by atoms with Crippen LogP contribution in [-0.4, -0.2) is 37.5 Å². The fourth-order valence-electron chi connectivity index (χ4n) is 1.78. The van der Waals surface area contributed by atoms with Gasteiger partial charge in [-0.05, 0) is 37.1 Å². The van der Waals surface area contributed by atoms with Crippen molar-refractivity contribution in [2.24, 2.45) is 0 Å². The van der Waals surface area contributed by atoms with E-state index in [4.69, 9.17) is 39.5 Å². The first-order valence-electron chi connectivity index (χ1n) is 7.34. The summed E-state index contributed by atoms with van der Waals surface area (Å²) in [5.74, 6) is 0.588. The molecule has 0 saturated heterocycles. The lowest BCUT2D eigenvalue weighted by atomic mass is 10.2. The van der Waals surface area contributed by atoms with Crippen LogP contribution in [0.3, 0.4) is 0 Å². The van der Waals surface area contributed by atoms with Crippen molar-refractivity contribution in [2.75, 3.05) is 19.0 Å². The second-order valence-corrected chi connectivity index (χ2v) is 9.36. The van der Waals surface area contributed by atoms with Crippen LogP contribution in [0.4, 0.5) is 0 Å². The monoisotopic (exact) mass is 416 g/mol. The summed E-state index contributed by atoms with van der Waals surface area (Å²) in [6, 6.07) is 6.84. The minimum atomic E-state index is -3.67. The molecule has 0 amide bonds. The van der Waals surface area contributed by atoms with Gasteiger partial charge in [-0.15, -0.1) is 0 Å². The molecule has 0 saturated carbocycles. The molecular weight excluding hydrogens is 399 g/mol. The van der Waals surface area contributed by atoms with E-state index in [1.165, 1.54) is 0 Å². The summed E-state index contributed by atoms with van der Waals surface area (Å²) < 4.78 is 31.5. The third kappa shape index (κ3) is 10.4. The van der Waals surface area contributed by atoms with E-state index in [0.717, 1.165) is 25.5 Å². The van der Waals surface area contributed by atoms with Crippen LogP contribution in [0.1, 0.15) is 36.0 Å². The van der Waals surface area contributed by atoms with Crippen LogP contribution in [0.2, 0.25) is 0 Å². The van der Waals surface area contributed by atoms with Crippen molar-refractivity contribution in [2.45, 2.75) is 29.5 Å². The van der Waals surface area contributed by atoms with Crippen molar-refractivity contribution in [3.05, 3.63) is 29.8 Å². The van der Waals surface area contributed by atoms with Crippen molar-refractivity contribution < 1.29 is 22.1 Å². The average Bonchev–Trinajstić information content (AvgIpc) is 2.52. The normalized spacial score (nSPS) is 12.1. The van der Waals surface area contributed by atoms with Crippen LogP contribution in [0.25, 0.3) is 0 Å². The molecule has 9 heteroatoms. The Labute approximate surface area is 157 Å². The molecular formula is C15H19Cl3O5S. The zero-order valence-electron chi connectivity index (χ0n) is 12.9. The molecule has 0 aromatic heterocycles. The molecule has 0 aliphatic heterocycles. The number of aldehydes is 1. The molecule has 1 aromatic rings. The molecule has 0 fully saturated rings. The van der Waals surface area contributed by atoms with E-state index in [-0.39, 0.29) is 5.75 Å². The Balaban J connectivity index is 2.10. The Morgan fingerprint density at radius 1 is 1.00 bits per heavy atom. The summed E-state index contributed by atoms with van der Waals surface area (Å²) in [6.45, 7) is 0.0354. The second-order valence-electron chi connectivity index (χ2n) is 5.09. The van der Waals surface area contributed by atoms with Crippen molar-refractivity contribution >= 4 is 51.2 Å². The quantitative estimate of drug-likeness (QED) is 0.234. The highest BCUT2D eigenvalue weighted by Gasteiger charge is 2.24. The SMILES string of the molecule is O=Cc1ccc(OCCCCCCS(=O)(=O)OCC(Cl)(Cl)Cl)cc1. The number of alkyl halides is 3. The number of halogens is 3. The number of ether oxygens (including phenoxy) is 1. The molecule has 0 aliphatic rings. The minimum Gasteiger partial charge on any atom is -0.494 e. The van der Waals surface area contributed by atoms with Crippen LogP contribution in [-0.2, 0) is 14.3 Å². The number of carbonyl (C=O) groups is 1. The first kappa shape index (κ1) is 21.5. The van der Waals surface area contributed by atoms with Crippen molar-refractivity contribution in [3.63, 3.8) is 0 Å². The van der Waals surface area contributed by atoms with Gasteiger partial charge in [0.1, 0.15) is 18.6 Å². The standard InChI is InChI=1S/C15H19Cl3O5S/c16-15(17,18)12-23-24(20,21)10-4-2-1-3-9-22-14-7-5-13(11-19)6-8-14/h5-8,11H,1-4,9-10,12H2. The summed E-state index contributed by atoms with van der Waals surface area (Å²) >= 11 is 16.3. The Morgan fingerprint density at radius 2 is 1.62 bits per heavy atom. The second kappa shape index (κ2) is 10.5. The summed E-state index contributed by atoms with van der Waals surface area (Å²) in [5.41, 5.74) is 0.598. The summed E-state index contributed by atoms with van der Waals surface area (Å²) in [5, 5.41) is 0. The number of hydrogen-bond acceptors (Lipinski definition) is 5. The molecule has 5 nitrogen and oxygen atoms in total. The third-order valence-electron chi connectivity index (χ3n) is 2.98. The van der Waals surface area contributed by atoms with E-state index in [1.807, 2.05) is 0 Å². The zero-order valence-corrected chi connectivity index (χ0v) is 16.0. The molecule has 0 bridgehead atoms. The van der Waals surface area contributed by atoms with Gasteiger partial charge in [0, 0.05) is 5.56 Å². The number of unbranched alkanes of at least 4 members (excludes halogenated alkanes) is 3. The number of benzene rings is 1. The van der Waals surface area contributed by atoms with Gasteiger partial charge in [0.05, 0.1) is 12.4 Å². The molecule has 1 aromatic carbocycles. The molecule has 0 aliphatic carbocycles. The average molecular weight is 418 g/mol. The molecule has 0 N–H and O–H groups in total. The van der Waals surface area contributed by atoms with E-state index >= 15 is 0 Å². The van der Waals surface area contributed by atoms with Gasteiger partial charge < -0.3 is 4.74 Å². The van der Waals surface area contributed by atoms with Gasteiger partial charge in [0.15, 0.2) is 0 Å². The Hall–Kier alpha value is -0.530. The van der Waals surface area contributed by atoms with E-state index in [9.17, 15) is 13.2 Å². The van der Waals surface area contributed by atoms with E-state index in [2.05, 4.69) is 4.18 Å². The predicted octanol–water partition coefficient (Wildman–Crippen LogP) is 4.15. The maximum Gasteiger partial charge on any atom is 0.267 e. The van der Waals surface area contributed by atoms with Crippen molar-refractivity contribution in [3.8, 4) is 5.75 Å². The highest BCUT2D eigenvalue weighted by Crippen LogP contribution is 2.26. The molecule has 0 unspecified atom stereocenters. The van der Waals surface area contributed by atoms with Crippen molar-refractivity contribution in [1.82, 2.24) is 0 Å². The van der Waals surface area contributed by atoms with E-state index < -0.39 is 20.5 Å². The summed E-state index contributed by atoms with van der Waals surface area (Å²) in [4.78, 5) is 10.5. The molecule has 0 radical (unpaired) electrons. The lowest BCUT2D eigenvalue weighted by molar-refractivity contribution is 0.112. The summed E-state index contributed by atoms with van der Waals surface area (Å²) in [6.07, 6.45) is 3.59. The predicted molar refractivity (Wildman–Crippen MR) is 95.8 cm³/mol. The topological polar surface area (TPSA) is 69.7 Å². The molecule has 24 heavy (non-hydrogen) atoms. The van der Waals surface area contributed by atoms with Crippen LogP contribution in [0.15, 0.2) is 24.3 Å². The minimum absolute atomic E-state index is 0.109. The maximum absolute atomic E-state index is 11.6. The molecule has 0 heterocycles. The van der Waals surface area contributed by atoms with Crippen LogP contribution >= 0.6 is 34.8 Å². The van der Waals surface area contributed by atoms with E-state index in [0.29, 0.717) is 24.3 Å². The molecule has 0 spiro atoms. The number of carbonyl (C=O) groups excluding carboxylic acids is 1. The van der Waals surface area contributed by atoms with Crippen LogP contribution in [0.5, 0.6) is 5.75 Å². The fraction of sp³-hybridized carbons (Fsp3) is 0.533. The maximum atomic E-state index is 11.6. The highest BCUT2D eigenvalue weighted by atomic mass is 35.6. The largest absolute Gasteiger partial charge is 0.494 e. The molecule has 136 valence electrons. The lowest BCUT2D eigenvalue weighted by Crippen LogP contribution is -2.19. The van der Waals surface area contributed by atoms with Crippen LogP contribution in [0, 0.1) is 0 Å².